The second kappa shape index (κ2) is 8.25. The molecule has 3 aromatic rings. The van der Waals surface area contributed by atoms with Crippen molar-refractivity contribution in [3.63, 3.8) is 0 Å². The number of amides is 1. The van der Waals surface area contributed by atoms with Gasteiger partial charge in [-0.1, -0.05) is 57.9 Å². The van der Waals surface area contributed by atoms with Crippen molar-refractivity contribution in [1.29, 1.82) is 0 Å². The third kappa shape index (κ3) is 4.16. The summed E-state index contributed by atoms with van der Waals surface area (Å²) in [4.78, 5) is 17.5. The molecule has 1 aromatic heterocycles. The van der Waals surface area contributed by atoms with Gasteiger partial charge in [0.2, 0.25) is 5.91 Å². The van der Waals surface area contributed by atoms with Crippen LogP contribution in [0.1, 0.15) is 29.3 Å². The summed E-state index contributed by atoms with van der Waals surface area (Å²) in [6.45, 7) is 0. The fourth-order valence-electron chi connectivity index (χ4n) is 3.23. The summed E-state index contributed by atoms with van der Waals surface area (Å²) < 4.78 is 0.999. The molecule has 0 N–H and O–H groups in total. The normalized spacial score (nSPS) is 16.1. The number of carbonyl (C=O) groups excluding carboxylic acids is 1. The summed E-state index contributed by atoms with van der Waals surface area (Å²) in [5.74, 6) is -0.0545. The zero-order chi connectivity index (χ0) is 19.5. The van der Waals surface area contributed by atoms with Crippen LogP contribution < -0.4 is 0 Å². The fourth-order valence-corrected chi connectivity index (χ4v) is 3.62. The van der Waals surface area contributed by atoms with Crippen LogP contribution in [0.5, 0.6) is 0 Å². The number of rotatable bonds is 4. The highest BCUT2D eigenvalue weighted by Crippen LogP contribution is 2.33. The van der Waals surface area contributed by atoms with Crippen LogP contribution in [0, 0.1) is 0 Å². The van der Waals surface area contributed by atoms with Gasteiger partial charge >= 0.3 is 0 Å². The molecule has 2 heterocycles. The van der Waals surface area contributed by atoms with E-state index in [4.69, 9.17) is 11.6 Å². The van der Waals surface area contributed by atoms with Gasteiger partial charge in [-0.05, 0) is 47.5 Å². The molecule has 1 aliphatic heterocycles. The minimum absolute atomic E-state index is 0.0545. The quantitative estimate of drug-likeness (QED) is 0.528. The Morgan fingerprint density at radius 2 is 1.82 bits per heavy atom. The zero-order valence-corrected chi connectivity index (χ0v) is 17.3. The number of hydrogen-bond acceptors (Lipinski definition) is 3. The molecule has 1 unspecified atom stereocenters. The molecule has 1 amide bonds. The Kier molecular flexibility index (Phi) is 5.55. The largest absolute Gasteiger partial charge is 0.273 e. The Labute approximate surface area is 177 Å². The number of aromatic nitrogens is 1. The van der Waals surface area contributed by atoms with Gasteiger partial charge in [0.25, 0.3) is 0 Å². The maximum atomic E-state index is 13.1. The van der Waals surface area contributed by atoms with E-state index in [-0.39, 0.29) is 18.4 Å². The second-order valence-corrected chi connectivity index (χ2v) is 7.93. The lowest BCUT2D eigenvalue weighted by molar-refractivity contribution is -0.132. The number of nitrogens with zero attached hydrogens (tertiary/aromatic N) is 3. The van der Waals surface area contributed by atoms with Crippen molar-refractivity contribution < 1.29 is 4.79 Å². The van der Waals surface area contributed by atoms with Crippen LogP contribution in [0.2, 0.25) is 5.02 Å². The van der Waals surface area contributed by atoms with Crippen LogP contribution >= 0.6 is 27.5 Å². The number of hydrogen-bond donors (Lipinski definition) is 0. The Morgan fingerprint density at radius 3 is 2.50 bits per heavy atom. The molecule has 28 heavy (non-hydrogen) atoms. The van der Waals surface area contributed by atoms with Gasteiger partial charge in [0.15, 0.2) is 0 Å². The molecule has 1 atom stereocenters. The van der Waals surface area contributed by atoms with Crippen LogP contribution in [-0.4, -0.2) is 21.6 Å². The molecule has 4 nitrogen and oxygen atoms in total. The van der Waals surface area contributed by atoms with E-state index in [1.54, 1.807) is 23.3 Å². The average Bonchev–Trinajstić information content (AvgIpc) is 3.17. The fraction of sp³-hybridized carbons (Fsp3) is 0.136. The molecule has 0 aliphatic carbocycles. The highest BCUT2D eigenvalue weighted by molar-refractivity contribution is 9.10. The monoisotopic (exact) mass is 453 g/mol. The minimum Gasteiger partial charge on any atom is -0.273 e. The van der Waals surface area contributed by atoms with E-state index >= 15 is 0 Å². The van der Waals surface area contributed by atoms with E-state index in [1.807, 2.05) is 54.6 Å². The lowest BCUT2D eigenvalue weighted by Gasteiger charge is -2.22. The predicted octanol–water partition coefficient (Wildman–Crippen LogP) is 5.42. The number of halogens is 2. The van der Waals surface area contributed by atoms with Crippen LogP contribution in [0.25, 0.3) is 0 Å². The van der Waals surface area contributed by atoms with E-state index in [0.717, 1.165) is 27.0 Å². The molecule has 0 saturated heterocycles. The van der Waals surface area contributed by atoms with Crippen LogP contribution in [0.15, 0.2) is 82.5 Å². The highest BCUT2D eigenvalue weighted by atomic mass is 79.9. The summed E-state index contributed by atoms with van der Waals surface area (Å²) in [6.07, 6.45) is 2.64. The van der Waals surface area contributed by atoms with Gasteiger partial charge in [0.05, 0.1) is 23.9 Å². The molecule has 6 heteroatoms. The van der Waals surface area contributed by atoms with Gasteiger partial charge in [-0.25, -0.2) is 5.01 Å². The molecule has 0 spiro atoms. The van der Waals surface area contributed by atoms with Crippen molar-refractivity contribution in [2.24, 2.45) is 5.10 Å². The van der Waals surface area contributed by atoms with E-state index < -0.39 is 0 Å². The Bertz CT molecular complexity index is 1000. The van der Waals surface area contributed by atoms with Gasteiger partial charge in [-0.15, -0.1) is 0 Å². The number of pyridine rings is 1. The smallest absolute Gasteiger partial charge is 0.247 e. The van der Waals surface area contributed by atoms with Gasteiger partial charge in [0.1, 0.15) is 0 Å². The maximum absolute atomic E-state index is 13.1. The Balaban J connectivity index is 1.64. The summed E-state index contributed by atoms with van der Waals surface area (Å²) in [5, 5.41) is 6.90. The van der Waals surface area contributed by atoms with Crippen molar-refractivity contribution in [2.45, 2.75) is 18.9 Å². The first-order valence-corrected chi connectivity index (χ1v) is 10.1. The lowest BCUT2D eigenvalue weighted by atomic mass is 10.00. The first kappa shape index (κ1) is 18.8. The topological polar surface area (TPSA) is 45.6 Å². The molecule has 1 aliphatic rings. The molecule has 0 fully saturated rings. The van der Waals surface area contributed by atoms with Gasteiger partial charge < -0.3 is 0 Å². The van der Waals surface area contributed by atoms with Crippen molar-refractivity contribution in [3.05, 3.63) is 99.2 Å². The van der Waals surface area contributed by atoms with Gasteiger partial charge in [0, 0.05) is 22.1 Å². The summed E-state index contributed by atoms with van der Waals surface area (Å²) in [5.41, 5.74) is 3.57. The first-order chi connectivity index (χ1) is 13.6. The molecular weight excluding hydrogens is 438 g/mol. The van der Waals surface area contributed by atoms with Crippen LogP contribution in [-0.2, 0) is 11.2 Å². The van der Waals surface area contributed by atoms with Crippen molar-refractivity contribution >= 4 is 39.1 Å². The van der Waals surface area contributed by atoms with E-state index in [2.05, 4.69) is 26.0 Å². The Hall–Kier alpha value is -2.50. The molecule has 0 bridgehead atoms. The second-order valence-electron chi connectivity index (χ2n) is 6.57. The minimum atomic E-state index is -0.148. The van der Waals surface area contributed by atoms with Gasteiger partial charge in [-0.2, -0.15) is 5.10 Å². The van der Waals surface area contributed by atoms with Crippen LogP contribution in [0.4, 0.5) is 0 Å². The SMILES string of the molecule is O=C(Cc1ccc(Cl)cc1)N1N=C(c2ccccn2)CC1c1ccc(Br)cc1. The standard InChI is InChI=1S/C22H17BrClN3O/c23-17-8-6-16(7-9-17)21-14-20(19-3-1-2-12-25-19)26-27(21)22(28)13-15-4-10-18(24)11-5-15/h1-12,21H,13-14H2. The van der Waals surface area contributed by atoms with Crippen molar-refractivity contribution in [1.82, 2.24) is 9.99 Å². The van der Waals surface area contributed by atoms with E-state index in [0.29, 0.717) is 11.4 Å². The summed E-state index contributed by atoms with van der Waals surface area (Å²) in [6, 6.07) is 20.9. The predicted molar refractivity (Wildman–Crippen MR) is 114 cm³/mol. The van der Waals surface area contributed by atoms with Crippen molar-refractivity contribution in [2.75, 3.05) is 0 Å². The number of hydrazone groups is 1. The molecule has 4 rings (SSSR count). The van der Waals surface area contributed by atoms with E-state index in [1.165, 1.54) is 0 Å². The highest BCUT2D eigenvalue weighted by Gasteiger charge is 2.33. The van der Waals surface area contributed by atoms with E-state index in [9.17, 15) is 4.79 Å². The summed E-state index contributed by atoms with van der Waals surface area (Å²) in [7, 11) is 0. The third-order valence-corrected chi connectivity index (χ3v) is 5.43. The number of carbonyl (C=O) groups is 1. The first-order valence-electron chi connectivity index (χ1n) is 8.91. The maximum Gasteiger partial charge on any atom is 0.247 e. The molecule has 2 aromatic carbocycles. The van der Waals surface area contributed by atoms with Gasteiger partial charge in [-0.3, -0.25) is 9.78 Å². The number of benzene rings is 2. The van der Waals surface area contributed by atoms with Crippen molar-refractivity contribution in [3.8, 4) is 0 Å². The Morgan fingerprint density at radius 1 is 1.07 bits per heavy atom. The average molecular weight is 455 g/mol. The molecule has 140 valence electrons. The van der Waals surface area contributed by atoms with Crippen LogP contribution in [0.3, 0.4) is 0 Å². The molecule has 0 radical (unpaired) electrons. The molecule has 0 saturated carbocycles. The third-order valence-electron chi connectivity index (χ3n) is 4.65. The molecular formula is C22H17BrClN3O. The lowest BCUT2D eigenvalue weighted by Crippen LogP contribution is -2.28. The zero-order valence-electron chi connectivity index (χ0n) is 14.9. The summed E-state index contributed by atoms with van der Waals surface area (Å²) >= 11 is 9.42.